The summed E-state index contributed by atoms with van der Waals surface area (Å²) in [5.41, 5.74) is 8.64. The largest absolute Gasteiger partial charge is 0.338 e. The number of fused-ring (bicyclic) bond motifs is 1. The van der Waals surface area contributed by atoms with E-state index in [2.05, 4.69) is 10.6 Å². The number of carbonyl (C=O) groups excluding carboxylic acids is 2. The molecule has 23 heavy (non-hydrogen) atoms. The fraction of sp³-hybridized carbons (Fsp3) is 0.529. The maximum atomic E-state index is 12.3. The van der Waals surface area contributed by atoms with Gasteiger partial charge in [0.25, 0.3) is 0 Å². The number of amides is 3. The average Bonchev–Trinajstić information content (AvgIpc) is 3.13. The molecule has 1 aliphatic heterocycles. The second kappa shape index (κ2) is 6.58. The maximum Gasteiger partial charge on any atom is 0.321 e. The predicted molar refractivity (Wildman–Crippen MR) is 90.5 cm³/mol. The second-order valence-corrected chi connectivity index (χ2v) is 6.34. The summed E-state index contributed by atoms with van der Waals surface area (Å²) in [4.78, 5) is 26.2. The lowest BCUT2D eigenvalue weighted by Crippen LogP contribution is -2.38. The van der Waals surface area contributed by atoms with Crippen LogP contribution in [0.1, 0.15) is 31.7 Å². The fourth-order valence-electron chi connectivity index (χ4n) is 3.41. The molecule has 0 bridgehead atoms. The van der Waals surface area contributed by atoms with Crippen molar-refractivity contribution in [2.24, 2.45) is 11.7 Å². The van der Waals surface area contributed by atoms with Crippen molar-refractivity contribution in [2.75, 3.05) is 23.3 Å². The fourth-order valence-corrected chi connectivity index (χ4v) is 3.41. The van der Waals surface area contributed by atoms with Crippen LogP contribution >= 0.6 is 0 Å². The molecule has 0 radical (unpaired) electrons. The van der Waals surface area contributed by atoms with E-state index in [9.17, 15) is 9.59 Å². The van der Waals surface area contributed by atoms with Crippen molar-refractivity contribution in [1.82, 2.24) is 5.32 Å². The normalized spacial score (nSPS) is 22.8. The van der Waals surface area contributed by atoms with Crippen LogP contribution in [0.15, 0.2) is 18.2 Å². The molecule has 3 rings (SSSR count). The Morgan fingerprint density at radius 3 is 2.87 bits per heavy atom. The van der Waals surface area contributed by atoms with Crippen molar-refractivity contribution in [1.29, 1.82) is 0 Å². The van der Waals surface area contributed by atoms with E-state index in [-0.39, 0.29) is 23.9 Å². The third-order valence-electron chi connectivity index (χ3n) is 4.67. The minimum atomic E-state index is -0.0866. The van der Waals surface area contributed by atoms with Gasteiger partial charge in [-0.1, -0.05) is 6.07 Å². The highest BCUT2D eigenvalue weighted by Crippen LogP contribution is 2.32. The zero-order valence-electron chi connectivity index (χ0n) is 13.5. The van der Waals surface area contributed by atoms with Gasteiger partial charge < -0.3 is 16.4 Å². The lowest BCUT2D eigenvalue weighted by atomic mass is 10.1. The Labute approximate surface area is 136 Å². The van der Waals surface area contributed by atoms with Crippen molar-refractivity contribution in [3.63, 3.8) is 0 Å². The van der Waals surface area contributed by atoms with Crippen LogP contribution in [0.3, 0.4) is 0 Å². The number of rotatable bonds is 3. The lowest BCUT2D eigenvalue weighted by molar-refractivity contribution is -0.119. The number of urea groups is 1. The molecule has 2 atom stereocenters. The molecule has 6 heteroatoms. The molecule has 1 saturated carbocycles. The van der Waals surface area contributed by atoms with E-state index in [4.69, 9.17) is 5.73 Å². The van der Waals surface area contributed by atoms with Gasteiger partial charge in [-0.05, 0) is 50.3 Å². The van der Waals surface area contributed by atoms with Crippen molar-refractivity contribution < 1.29 is 9.59 Å². The number of hydrogen-bond acceptors (Lipinski definition) is 3. The van der Waals surface area contributed by atoms with Gasteiger partial charge >= 0.3 is 6.03 Å². The third-order valence-corrected chi connectivity index (χ3v) is 4.67. The summed E-state index contributed by atoms with van der Waals surface area (Å²) in [6.07, 6.45) is 3.36. The molecule has 0 spiro atoms. The van der Waals surface area contributed by atoms with Crippen LogP contribution < -0.4 is 21.3 Å². The molecule has 1 aromatic carbocycles. The van der Waals surface area contributed by atoms with Crippen LogP contribution in [0.25, 0.3) is 0 Å². The first-order valence-corrected chi connectivity index (χ1v) is 8.33. The smallest absolute Gasteiger partial charge is 0.321 e. The number of nitrogens with zero attached hydrogens (tertiary/aromatic N) is 1. The van der Waals surface area contributed by atoms with Crippen molar-refractivity contribution in [2.45, 2.75) is 38.6 Å². The lowest BCUT2D eigenvalue weighted by Gasteiger charge is -2.18. The molecular weight excluding hydrogens is 292 g/mol. The number of hydrogen-bond donors (Lipinski definition) is 3. The molecule has 2 unspecified atom stereocenters. The molecule has 2 aliphatic rings. The minimum Gasteiger partial charge on any atom is -0.338 e. The third kappa shape index (κ3) is 3.32. The van der Waals surface area contributed by atoms with E-state index in [1.807, 2.05) is 25.1 Å². The first-order chi connectivity index (χ1) is 11.1. The first-order valence-electron chi connectivity index (χ1n) is 8.33. The Morgan fingerprint density at radius 2 is 2.17 bits per heavy atom. The molecule has 6 nitrogen and oxygen atoms in total. The van der Waals surface area contributed by atoms with Crippen molar-refractivity contribution in [3.05, 3.63) is 23.8 Å². The topological polar surface area (TPSA) is 87.5 Å². The number of nitrogens with two attached hydrogens (primary N) is 1. The van der Waals surface area contributed by atoms with Gasteiger partial charge in [-0.2, -0.15) is 0 Å². The van der Waals surface area contributed by atoms with E-state index in [1.54, 1.807) is 4.90 Å². The van der Waals surface area contributed by atoms with Crippen LogP contribution in [-0.4, -0.2) is 31.1 Å². The van der Waals surface area contributed by atoms with Gasteiger partial charge in [-0.3, -0.25) is 9.69 Å². The quantitative estimate of drug-likeness (QED) is 0.795. The van der Waals surface area contributed by atoms with E-state index < -0.39 is 0 Å². The molecule has 1 fully saturated rings. The molecule has 124 valence electrons. The number of carbonyl (C=O) groups is 2. The summed E-state index contributed by atoms with van der Waals surface area (Å²) in [5, 5.41) is 5.80. The van der Waals surface area contributed by atoms with Crippen LogP contribution in [0.2, 0.25) is 0 Å². The minimum absolute atomic E-state index is 0.00209. The molecule has 4 N–H and O–H groups in total. The van der Waals surface area contributed by atoms with Crippen molar-refractivity contribution >= 4 is 23.3 Å². The monoisotopic (exact) mass is 316 g/mol. The van der Waals surface area contributed by atoms with E-state index in [0.29, 0.717) is 13.1 Å². The average molecular weight is 316 g/mol. The summed E-state index contributed by atoms with van der Waals surface area (Å²) in [6.45, 7) is 3.18. The Hall–Kier alpha value is -2.08. The predicted octanol–water partition coefficient (Wildman–Crippen LogP) is 1.84. The molecular formula is C17H24N4O2. The van der Waals surface area contributed by atoms with Crippen LogP contribution in [-0.2, 0) is 11.2 Å². The van der Waals surface area contributed by atoms with E-state index in [0.717, 1.165) is 42.6 Å². The molecule has 0 aromatic heterocycles. The van der Waals surface area contributed by atoms with Gasteiger partial charge in [0.1, 0.15) is 0 Å². The summed E-state index contributed by atoms with van der Waals surface area (Å²) in [6, 6.07) is 5.84. The summed E-state index contributed by atoms with van der Waals surface area (Å²) in [5.74, 6) is 0.0261. The Bertz CT molecular complexity index is 617. The highest BCUT2D eigenvalue weighted by molar-refractivity contribution is 5.97. The van der Waals surface area contributed by atoms with E-state index in [1.165, 1.54) is 0 Å². The number of nitrogens with one attached hydrogen (secondary N) is 2. The Morgan fingerprint density at radius 1 is 1.35 bits per heavy atom. The van der Waals surface area contributed by atoms with Gasteiger partial charge in [0.05, 0.1) is 5.69 Å². The molecule has 3 amide bonds. The van der Waals surface area contributed by atoms with Crippen LogP contribution in [0.4, 0.5) is 16.2 Å². The Balaban J connectivity index is 1.72. The highest BCUT2D eigenvalue weighted by atomic mass is 16.2. The SMILES string of the molecule is CCNC(=O)N1CCc2ccc(NC(=O)C3CCC(N)C3)cc21. The summed E-state index contributed by atoms with van der Waals surface area (Å²) in [7, 11) is 0. The summed E-state index contributed by atoms with van der Waals surface area (Å²) < 4.78 is 0. The van der Waals surface area contributed by atoms with Gasteiger partial charge in [0.15, 0.2) is 0 Å². The van der Waals surface area contributed by atoms with Crippen molar-refractivity contribution in [3.8, 4) is 0 Å². The zero-order valence-corrected chi connectivity index (χ0v) is 13.5. The number of benzene rings is 1. The molecule has 0 saturated heterocycles. The molecule has 1 heterocycles. The standard InChI is InChI=1S/C17H24N4O2/c1-2-19-17(23)21-8-7-11-4-6-14(10-15(11)21)20-16(22)12-3-5-13(18)9-12/h4,6,10,12-13H,2-3,5,7-9,18H2,1H3,(H,19,23)(H,20,22). The second-order valence-electron chi connectivity index (χ2n) is 6.34. The van der Waals surface area contributed by atoms with Crippen LogP contribution in [0, 0.1) is 5.92 Å². The van der Waals surface area contributed by atoms with Crippen LogP contribution in [0.5, 0.6) is 0 Å². The Kier molecular flexibility index (Phi) is 4.52. The molecule has 1 aliphatic carbocycles. The van der Waals surface area contributed by atoms with Gasteiger partial charge in [0, 0.05) is 30.7 Å². The highest BCUT2D eigenvalue weighted by Gasteiger charge is 2.29. The molecule has 1 aromatic rings. The summed E-state index contributed by atoms with van der Waals surface area (Å²) >= 11 is 0. The zero-order chi connectivity index (χ0) is 16.4. The maximum absolute atomic E-state index is 12.3. The van der Waals surface area contributed by atoms with Gasteiger partial charge in [-0.25, -0.2) is 4.79 Å². The first kappa shape index (κ1) is 15.8. The van der Waals surface area contributed by atoms with Gasteiger partial charge in [0.2, 0.25) is 5.91 Å². The number of anilines is 2. The van der Waals surface area contributed by atoms with Gasteiger partial charge in [-0.15, -0.1) is 0 Å². The van der Waals surface area contributed by atoms with E-state index >= 15 is 0 Å².